The molecule has 0 aliphatic rings. The van der Waals surface area contributed by atoms with Crippen molar-refractivity contribution in [1.29, 1.82) is 0 Å². The summed E-state index contributed by atoms with van der Waals surface area (Å²) in [7, 11) is -7.73. The van der Waals surface area contributed by atoms with Crippen molar-refractivity contribution >= 4 is 31.9 Å². The molecule has 34 heavy (non-hydrogen) atoms. The number of carbonyl (C=O) groups excluding carboxylic acids is 2. The van der Waals surface area contributed by atoms with Crippen LogP contribution in [0.3, 0.4) is 0 Å². The average molecular weight is 511 g/mol. The molecule has 2 aromatic carbocycles. The van der Waals surface area contributed by atoms with E-state index in [1.54, 1.807) is 24.3 Å². The molecule has 12 heteroatoms. The van der Waals surface area contributed by atoms with E-state index in [4.69, 9.17) is 0 Å². The Balaban J connectivity index is 1.78. The number of sulfonamides is 2. The van der Waals surface area contributed by atoms with E-state index in [-0.39, 0.29) is 22.9 Å². The van der Waals surface area contributed by atoms with Gasteiger partial charge in [0.05, 0.1) is 21.9 Å². The number of hydrogen-bond donors (Lipinski definition) is 4. The van der Waals surface area contributed by atoms with Crippen LogP contribution in [0, 0.1) is 13.8 Å². The van der Waals surface area contributed by atoms with Gasteiger partial charge in [0.25, 0.3) is 0 Å². The molecule has 2 rings (SSSR count). The van der Waals surface area contributed by atoms with Crippen LogP contribution in [-0.2, 0) is 29.6 Å². The van der Waals surface area contributed by atoms with Crippen molar-refractivity contribution in [2.75, 3.05) is 13.1 Å². The summed E-state index contributed by atoms with van der Waals surface area (Å²) >= 11 is 0. The lowest BCUT2D eigenvalue weighted by Crippen LogP contribution is -2.48. The van der Waals surface area contributed by atoms with Crippen LogP contribution < -0.4 is 20.1 Å². The van der Waals surface area contributed by atoms with Gasteiger partial charge in [-0.3, -0.25) is 9.59 Å². The Hall–Kier alpha value is -2.80. The van der Waals surface area contributed by atoms with Crippen molar-refractivity contribution in [2.45, 2.75) is 49.6 Å². The zero-order valence-corrected chi connectivity index (χ0v) is 21.1. The molecule has 0 bridgehead atoms. The Kier molecular flexibility index (Phi) is 9.33. The predicted molar refractivity (Wildman–Crippen MR) is 128 cm³/mol. The lowest BCUT2D eigenvalue weighted by atomic mass is 10.2. The average Bonchev–Trinajstić information content (AvgIpc) is 2.76. The van der Waals surface area contributed by atoms with E-state index in [0.717, 1.165) is 11.1 Å². The molecule has 0 spiro atoms. The van der Waals surface area contributed by atoms with Crippen molar-refractivity contribution in [1.82, 2.24) is 20.1 Å². The smallest absolute Gasteiger partial charge is 0.241 e. The second-order valence-corrected chi connectivity index (χ2v) is 11.3. The third kappa shape index (κ3) is 7.90. The minimum absolute atomic E-state index is 0.0264. The highest BCUT2D eigenvalue weighted by atomic mass is 32.2. The standard InChI is InChI=1S/C22H30N4O6S2/c1-15-5-9-19(10-6-15)33(29,30)25-17(3)21(27)23-13-14-24-22(28)18(4)26-34(31,32)20-11-7-16(2)8-12-20/h5-12,17-18,25-26H,13-14H2,1-4H3,(H,23,27)(H,24,28)/t17-,18-/m0/s1. The molecule has 4 N–H and O–H groups in total. The predicted octanol–water partition coefficient (Wildman–Crippen LogP) is 0.570. The van der Waals surface area contributed by atoms with Crippen LogP contribution in [0.25, 0.3) is 0 Å². The van der Waals surface area contributed by atoms with Gasteiger partial charge in [-0.1, -0.05) is 35.4 Å². The quantitative estimate of drug-likeness (QED) is 0.325. The Morgan fingerprint density at radius 2 is 0.941 bits per heavy atom. The summed E-state index contributed by atoms with van der Waals surface area (Å²) in [6, 6.07) is 10.3. The van der Waals surface area contributed by atoms with Gasteiger partial charge in [0.1, 0.15) is 0 Å². The molecule has 0 fully saturated rings. The molecule has 2 aromatic rings. The van der Waals surface area contributed by atoms with E-state index >= 15 is 0 Å². The van der Waals surface area contributed by atoms with Crippen molar-refractivity contribution in [3.05, 3.63) is 59.7 Å². The van der Waals surface area contributed by atoms with E-state index in [1.807, 2.05) is 13.8 Å². The second kappa shape index (κ2) is 11.6. The first-order valence-electron chi connectivity index (χ1n) is 10.6. The van der Waals surface area contributed by atoms with Gasteiger partial charge in [-0.25, -0.2) is 16.8 Å². The molecule has 0 saturated carbocycles. The second-order valence-electron chi connectivity index (χ2n) is 7.89. The van der Waals surface area contributed by atoms with Gasteiger partial charge in [-0.2, -0.15) is 9.44 Å². The summed E-state index contributed by atoms with van der Waals surface area (Å²) in [6.07, 6.45) is 0. The molecule has 0 aliphatic heterocycles. The number of nitrogens with one attached hydrogen (secondary N) is 4. The molecule has 10 nitrogen and oxygen atoms in total. The highest BCUT2D eigenvalue weighted by molar-refractivity contribution is 7.89. The summed E-state index contributed by atoms with van der Waals surface area (Å²) in [5.74, 6) is -1.14. The van der Waals surface area contributed by atoms with Crippen LogP contribution in [0.4, 0.5) is 0 Å². The van der Waals surface area contributed by atoms with Crippen molar-refractivity contribution in [3.8, 4) is 0 Å². The van der Waals surface area contributed by atoms with E-state index in [0.29, 0.717) is 0 Å². The van der Waals surface area contributed by atoms with Gasteiger partial charge < -0.3 is 10.6 Å². The number of benzene rings is 2. The Bertz CT molecular complexity index is 1110. The molecule has 2 amide bonds. The van der Waals surface area contributed by atoms with Crippen molar-refractivity contribution < 1.29 is 26.4 Å². The van der Waals surface area contributed by atoms with E-state index in [9.17, 15) is 26.4 Å². The van der Waals surface area contributed by atoms with Gasteiger partial charge in [-0.05, 0) is 52.0 Å². The van der Waals surface area contributed by atoms with Crippen LogP contribution in [0.15, 0.2) is 58.3 Å². The first kappa shape index (κ1) is 27.4. The largest absolute Gasteiger partial charge is 0.353 e. The zero-order chi connectivity index (χ0) is 25.5. The summed E-state index contributed by atoms with van der Waals surface area (Å²) in [6.45, 7) is 6.53. The fraction of sp³-hybridized carbons (Fsp3) is 0.364. The molecule has 0 unspecified atom stereocenters. The van der Waals surface area contributed by atoms with Crippen LogP contribution in [-0.4, -0.2) is 53.8 Å². The van der Waals surface area contributed by atoms with E-state index < -0.39 is 43.9 Å². The Labute approximate surface area is 200 Å². The van der Waals surface area contributed by atoms with Gasteiger partial charge in [0.2, 0.25) is 31.9 Å². The fourth-order valence-electron chi connectivity index (χ4n) is 2.82. The molecule has 0 aliphatic carbocycles. The van der Waals surface area contributed by atoms with Gasteiger partial charge >= 0.3 is 0 Å². The third-order valence-electron chi connectivity index (χ3n) is 4.84. The molecule has 0 heterocycles. The van der Waals surface area contributed by atoms with Gasteiger partial charge in [0.15, 0.2) is 0 Å². The molecule has 0 aromatic heterocycles. The Morgan fingerprint density at radius 3 is 1.24 bits per heavy atom. The first-order chi connectivity index (χ1) is 15.8. The summed E-state index contributed by atoms with van der Waals surface area (Å²) in [4.78, 5) is 24.5. The third-order valence-corrected chi connectivity index (χ3v) is 7.95. The maximum Gasteiger partial charge on any atom is 0.241 e. The van der Waals surface area contributed by atoms with E-state index in [1.165, 1.54) is 38.1 Å². The number of hydrogen-bond acceptors (Lipinski definition) is 6. The van der Waals surface area contributed by atoms with Crippen LogP contribution in [0.5, 0.6) is 0 Å². The molecule has 0 saturated heterocycles. The zero-order valence-electron chi connectivity index (χ0n) is 19.5. The van der Waals surface area contributed by atoms with E-state index in [2.05, 4.69) is 20.1 Å². The molecular weight excluding hydrogens is 480 g/mol. The van der Waals surface area contributed by atoms with Crippen LogP contribution in [0.2, 0.25) is 0 Å². The minimum atomic E-state index is -3.87. The SMILES string of the molecule is Cc1ccc(S(=O)(=O)N[C@@H](C)C(=O)NCCNC(=O)[C@H](C)NS(=O)(=O)c2ccc(C)cc2)cc1. The first-order valence-corrected chi connectivity index (χ1v) is 13.5. The topological polar surface area (TPSA) is 151 Å². The van der Waals surface area contributed by atoms with Gasteiger partial charge in [0, 0.05) is 13.1 Å². The fourth-order valence-corrected chi connectivity index (χ4v) is 5.23. The summed E-state index contributed by atoms with van der Waals surface area (Å²) in [5, 5.41) is 5.04. The number of aryl methyl sites for hydroxylation is 2. The molecule has 0 radical (unpaired) electrons. The van der Waals surface area contributed by atoms with Crippen molar-refractivity contribution in [2.24, 2.45) is 0 Å². The van der Waals surface area contributed by atoms with Crippen LogP contribution >= 0.6 is 0 Å². The number of rotatable bonds is 11. The highest BCUT2D eigenvalue weighted by Crippen LogP contribution is 2.11. The maximum atomic E-state index is 12.4. The van der Waals surface area contributed by atoms with Crippen molar-refractivity contribution in [3.63, 3.8) is 0 Å². The van der Waals surface area contributed by atoms with Gasteiger partial charge in [-0.15, -0.1) is 0 Å². The number of amides is 2. The molecule has 186 valence electrons. The van der Waals surface area contributed by atoms with Crippen LogP contribution in [0.1, 0.15) is 25.0 Å². The highest BCUT2D eigenvalue weighted by Gasteiger charge is 2.23. The molecule has 2 atom stereocenters. The summed E-state index contributed by atoms with van der Waals surface area (Å²) < 4.78 is 54.1. The lowest BCUT2D eigenvalue weighted by molar-refractivity contribution is -0.124. The monoisotopic (exact) mass is 510 g/mol. The minimum Gasteiger partial charge on any atom is -0.353 e. The summed E-state index contributed by atoms with van der Waals surface area (Å²) in [5.41, 5.74) is 1.81. The normalized spacial score (nSPS) is 13.6. The maximum absolute atomic E-state index is 12.4. The lowest BCUT2D eigenvalue weighted by Gasteiger charge is -2.16. The number of carbonyl (C=O) groups is 2. The Morgan fingerprint density at radius 1 is 0.647 bits per heavy atom. The molecular formula is C22H30N4O6S2.